The summed E-state index contributed by atoms with van der Waals surface area (Å²) in [6.07, 6.45) is 1.45. The zero-order valence-electron chi connectivity index (χ0n) is 3.10. The highest BCUT2D eigenvalue weighted by atomic mass is 31.1. The van der Waals surface area contributed by atoms with Gasteiger partial charge < -0.3 is 0 Å². The maximum atomic E-state index is 4.20. The zero-order chi connectivity index (χ0) is 3.49. The van der Waals surface area contributed by atoms with Gasteiger partial charge in [-0.2, -0.15) is 0 Å². The van der Waals surface area contributed by atoms with Crippen molar-refractivity contribution in [2.24, 2.45) is 4.74 Å². The lowest BCUT2D eigenvalue weighted by atomic mass is 10.4. The van der Waals surface area contributed by atoms with Crippen molar-refractivity contribution in [3.8, 4) is 0 Å². The van der Waals surface area contributed by atoms with E-state index < -0.39 is 0 Å². The molecule has 26 valence electrons. The van der Waals surface area contributed by atoms with E-state index in [1.165, 1.54) is 6.16 Å². The van der Waals surface area contributed by atoms with Crippen molar-refractivity contribution < 1.29 is 0 Å². The van der Waals surface area contributed by atoms with Gasteiger partial charge in [-0.1, -0.05) is 0 Å². The Morgan fingerprint density at radius 1 is 2.00 bits per heavy atom. The van der Waals surface area contributed by atoms with Gasteiger partial charge in [0.15, 0.2) is 0 Å². The molecule has 2 rings (SSSR count). The maximum absolute atomic E-state index is 4.20. The van der Waals surface area contributed by atoms with E-state index in [0.717, 1.165) is 0 Å². The fraction of sp³-hybridized carbons (Fsp3) is 1.00. The molecule has 1 fully saturated rings. The van der Waals surface area contributed by atoms with Crippen LogP contribution in [0.4, 0.5) is 0 Å². The number of nitrogens with zero attached hydrogens (tertiary/aromatic N) is 1. The topological polar surface area (TPSA) is 12.4 Å². The second-order valence-corrected chi connectivity index (χ2v) is 4.15. The standard InChI is InChI=1S/C3H5NP/c1-3-2-5(3)4-3/h2H2,1H3/q+1. The number of fused-ring (bicyclic) bond motifs is 1. The lowest BCUT2D eigenvalue weighted by molar-refractivity contribution is 0.907. The second kappa shape index (κ2) is 0.320. The Labute approximate surface area is 31.9 Å². The summed E-state index contributed by atoms with van der Waals surface area (Å²) in [6.45, 7) is 2.23. The van der Waals surface area contributed by atoms with Gasteiger partial charge in [0.2, 0.25) is 6.16 Å². The van der Waals surface area contributed by atoms with Gasteiger partial charge in [-0.15, -0.1) is 0 Å². The monoisotopic (exact) mass is 86.0 g/mol. The fourth-order valence-corrected chi connectivity index (χ4v) is 1.80. The van der Waals surface area contributed by atoms with Crippen LogP contribution < -0.4 is 0 Å². The van der Waals surface area contributed by atoms with Crippen LogP contribution in [0.25, 0.3) is 0 Å². The van der Waals surface area contributed by atoms with Gasteiger partial charge >= 0.3 is 5.28 Å². The van der Waals surface area contributed by atoms with Crippen molar-refractivity contribution in [1.82, 2.24) is 0 Å². The Kier molecular flexibility index (Phi) is 0.147. The third-order valence-electron chi connectivity index (χ3n) is 1.20. The Bertz CT molecular complexity index is 118. The van der Waals surface area contributed by atoms with Gasteiger partial charge in [0.1, 0.15) is 0 Å². The fourth-order valence-electron chi connectivity index (χ4n) is 0.475. The molecule has 0 aromatic heterocycles. The molecule has 2 heterocycles. The molecule has 2 aliphatic rings. The third-order valence-corrected chi connectivity index (χ3v) is 3.60. The summed E-state index contributed by atoms with van der Waals surface area (Å²) < 4.78 is 4.20. The summed E-state index contributed by atoms with van der Waals surface area (Å²) >= 11 is 0. The first-order chi connectivity index (χ1) is 2.31. The van der Waals surface area contributed by atoms with Crippen LogP contribution in [0.15, 0.2) is 4.74 Å². The minimum atomic E-state index is 0.339. The van der Waals surface area contributed by atoms with E-state index in [4.69, 9.17) is 0 Å². The van der Waals surface area contributed by atoms with E-state index in [9.17, 15) is 0 Å². The van der Waals surface area contributed by atoms with Crippen LogP contribution in [-0.2, 0) is 0 Å². The van der Waals surface area contributed by atoms with E-state index in [2.05, 4.69) is 11.7 Å². The van der Waals surface area contributed by atoms with Gasteiger partial charge in [0.25, 0.3) is 7.71 Å². The molecule has 2 atom stereocenters. The average molecular weight is 86.1 g/mol. The molecule has 0 amide bonds. The zero-order valence-corrected chi connectivity index (χ0v) is 4.00. The molecule has 0 saturated carbocycles. The van der Waals surface area contributed by atoms with Crippen molar-refractivity contribution >= 4 is 7.71 Å². The van der Waals surface area contributed by atoms with E-state index >= 15 is 0 Å². The molecule has 0 aliphatic carbocycles. The van der Waals surface area contributed by atoms with Crippen LogP contribution in [0.2, 0.25) is 0 Å². The maximum Gasteiger partial charge on any atom is 0.312 e. The van der Waals surface area contributed by atoms with E-state index in [1.807, 2.05) is 0 Å². The van der Waals surface area contributed by atoms with Crippen molar-refractivity contribution in [1.29, 1.82) is 0 Å². The predicted molar refractivity (Wildman–Crippen MR) is 22.6 cm³/mol. The minimum Gasteiger partial charge on any atom is -0.0456 e. The van der Waals surface area contributed by atoms with E-state index in [1.54, 1.807) is 0 Å². The summed E-state index contributed by atoms with van der Waals surface area (Å²) in [5.74, 6) is 0. The molecular formula is C3H5NP+. The molecule has 1 nitrogen and oxygen atoms in total. The molecule has 0 aromatic rings. The molecule has 0 aromatic carbocycles. The summed E-state index contributed by atoms with van der Waals surface area (Å²) in [7, 11) is 0.339. The van der Waals surface area contributed by atoms with Crippen molar-refractivity contribution in [3.05, 3.63) is 0 Å². The molecule has 2 heteroatoms. The Hall–Kier alpha value is 0.100. The predicted octanol–water partition coefficient (Wildman–Crippen LogP) is 1.40. The van der Waals surface area contributed by atoms with Crippen LogP contribution in [-0.4, -0.2) is 11.4 Å². The Balaban J connectivity index is 2.55. The summed E-state index contributed by atoms with van der Waals surface area (Å²) in [4.78, 5) is 0. The summed E-state index contributed by atoms with van der Waals surface area (Å²) in [5.41, 5.74) is 0. The molecule has 0 N–H and O–H groups in total. The quantitative estimate of drug-likeness (QED) is 0.395. The van der Waals surface area contributed by atoms with Crippen LogP contribution in [0.3, 0.4) is 0 Å². The van der Waals surface area contributed by atoms with Crippen LogP contribution in [0.1, 0.15) is 6.92 Å². The smallest absolute Gasteiger partial charge is 0.0456 e. The first kappa shape index (κ1) is 2.30. The van der Waals surface area contributed by atoms with Gasteiger partial charge in [-0.3, -0.25) is 0 Å². The first-order valence-corrected chi connectivity index (χ1v) is 3.30. The van der Waals surface area contributed by atoms with Gasteiger partial charge in [0.05, 0.1) is 0 Å². The van der Waals surface area contributed by atoms with Crippen molar-refractivity contribution in [3.63, 3.8) is 0 Å². The molecule has 2 aliphatic heterocycles. The number of rotatable bonds is 0. The molecule has 1 saturated heterocycles. The van der Waals surface area contributed by atoms with Crippen LogP contribution in [0.5, 0.6) is 0 Å². The molecule has 5 heavy (non-hydrogen) atoms. The average Bonchev–Trinajstić information content (AvgIpc) is 1.74. The van der Waals surface area contributed by atoms with Crippen LogP contribution >= 0.6 is 7.71 Å². The Morgan fingerprint density at radius 3 is 2.20 bits per heavy atom. The van der Waals surface area contributed by atoms with Crippen molar-refractivity contribution in [2.75, 3.05) is 6.16 Å². The number of hydrogen-bond acceptors (Lipinski definition) is 1. The number of hydrogen-bond donors (Lipinski definition) is 0. The van der Waals surface area contributed by atoms with Crippen LogP contribution in [0, 0.1) is 0 Å². The van der Waals surface area contributed by atoms with E-state index in [0.29, 0.717) is 13.0 Å². The minimum absolute atomic E-state index is 0.339. The highest BCUT2D eigenvalue weighted by molar-refractivity contribution is 7.64. The lowest BCUT2D eigenvalue weighted by Crippen LogP contribution is -1.83. The SMILES string of the molecule is CC12C[P+]1=N2. The van der Waals surface area contributed by atoms with Gasteiger partial charge in [0, 0.05) is 6.92 Å². The summed E-state index contributed by atoms with van der Waals surface area (Å²) in [6, 6.07) is 0. The Morgan fingerprint density at radius 2 is 2.20 bits per heavy atom. The lowest BCUT2D eigenvalue weighted by Gasteiger charge is -1.56. The molecule has 2 unspecified atom stereocenters. The molecule has 0 radical (unpaired) electrons. The van der Waals surface area contributed by atoms with E-state index in [-0.39, 0.29) is 0 Å². The summed E-state index contributed by atoms with van der Waals surface area (Å²) in [5, 5.41) is 0.606. The van der Waals surface area contributed by atoms with Crippen molar-refractivity contribution in [2.45, 2.75) is 12.2 Å². The van der Waals surface area contributed by atoms with Gasteiger partial charge in [-0.25, -0.2) is 0 Å². The normalized spacial score (nSPS) is 61.4. The third kappa shape index (κ3) is 0.123. The molecule has 0 bridgehead atoms. The highest BCUT2D eigenvalue weighted by Crippen LogP contribution is 2.77. The molecular weight excluding hydrogens is 81.0 g/mol. The van der Waals surface area contributed by atoms with Gasteiger partial charge in [-0.05, 0) is 4.74 Å². The first-order valence-electron chi connectivity index (χ1n) is 1.82. The molecule has 0 spiro atoms. The second-order valence-electron chi connectivity index (χ2n) is 1.87. The highest BCUT2D eigenvalue weighted by Gasteiger charge is 2.78. The largest absolute Gasteiger partial charge is 0.312 e.